The molecule has 1 aliphatic carbocycles. The highest BCUT2D eigenvalue weighted by molar-refractivity contribution is 5.05. The molecule has 14 heavy (non-hydrogen) atoms. The molecule has 2 aliphatic rings. The zero-order valence-corrected chi connectivity index (χ0v) is 8.96. The lowest BCUT2D eigenvalue weighted by Crippen LogP contribution is -2.56. The van der Waals surface area contributed by atoms with Crippen LogP contribution in [0.25, 0.3) is 0 Å². The molecule has 3 nitrogen and oxygen atoms in total. The van der Waals surface area contributed by atoms with Crippen molar-refractivity contribution in [2.24, 2.45) is 17.1 Å². The molecule has 2 rings (SSSR count). The van der Waals surface area contributed by atoms with E-state index in [2.05, 4.69) is 0 Å². The van der Waals surface area contributed by atoms with E-state index in [1.807, 2.05) is 6.92 Å². The van der Waals surface area contributed by atoms with Gasteiger partial charge in [0.25, 0.3) is 0 Å². The molecule has 0 amide bonds. The van der Waals surface area contributed by atoms with Gasteiger partial charge in [-0.15, -0.1) is 0 Å². The Balaban J connectivity index is 2.16. The number of hydrogen-bond donors (Lipinski definition) is 2. The van der Waals surface area contributed by atoms with Gasteiger partial charge in [-0.3, -0.25) is 0 Å². The summed E-state index contributed by atoms with van der Waals surface area (Å²) in [4.78, 5) is 0. The summed E-state index contributed by atoms with van der Waals surface area (Å²) < 4.78 is 5.50. The van der Waals surface area contributed by atoms with Crippen molar-refractivity contribution >= 4 is 0 Å². The maximum atomic E-state index is 10.6. The fourth-order valence-corrected chi connectivity index (χ4v) is 2.70. The highest BCUT2D eigenvalue weighted by Crippen LogP contribution is 2.51. The number of hydrogen-bond acceptors (Lipinski definition) is 3. The summed E-state index contributed by atoms with van der Waals surface area (Å²) in [7, 11) is 0. The van der Waals surface area contributed by atoms with E-state index in [0.29, 0.717) is 19.1 Å². The van der Waals surface area contributed by atoms with E-state index < -0.39 is 5.60 Å². The van der Waals surface area contributed by atoms with E-state index in [4.69, 9.17) is 10.5 Å². The van der Waals surface area contributed by atoms with Crippen LogP contribution in [0.1, 0.15) is 32.6 Å². The summed E-state index contributed by atoms with van der Waals surface area (Å²) in [6.07, 6.45) is 4.33. The molecule has 82 valence electrons. The zero-order valence-electron chi connectivity index (χ0n) is 8.96. The molecule has 0 spiro atoms. The Morgan fingerprint density at radius 3 is 2.71 bits per heavy atom. The van der Waals surface area contributed by atoms with Crippen LogP contribution < -0.4 is 5.73 Å². The molecule has 2 unspecified atom stereocenters. The van der Waals surface area contributed by atoms with E-state index in [1.54, 1.807) is 0 Å². The fraction of sp³-hybridized carbons (Fsp3) is 1.00. The Labute approximate surface area is 85.6 Å². The van der Waals surface area contributed by atoms with E-state index >= 15 is 0 Å². The van der Waals surface area contributed by atoms with Crippen molar-refractivity contribution < 1.29 is 9.84 Å². The van der Waals surface area contributed by atoms with Crippen molar-refractivity contribution in [2.45, 2.75) is 38.2 Å². The zero-order chi connectivity index (χ0) is 10.2. The third-order valence-corrected chi connectivity index (χ3v) is 4.16. The molecule has 0 radical (unpaired) electrons. The second kappa shape index (κ2) is 3.47. The molecule has 1 aliphatic heterocycles. The second-order valence-corrected chi connectivity index (χ2v) is 5.06. The highest BCUT2D eigenvalue weighted by Gasteiger charge is 2.54. The normalized spacial score (nSPS) is 37.9. The highest BCUT2D eigenvalue weighted by atomic mass is 16.5. The van der Waals surface area contributed by atoms with Crippen molar-refractivity contribution in [3.63, 3.8) is 0 Å². The predicted octanol–water partition coefficient (Wildman–Crippen LogP) is 0.903. The van der Waals surface area contributed by atoms with Crippen LogP contribution in [0, 0.1) is 11.3 Å². The molecule has 2 atom stereocenters. The van der Waals surface area contributed by atoms with Crippen molar-refractivity contribution in [1.29, 1.82) is 0 Å². The van der Waals surface area contributed by atoms with Gasteiger partial charge in [-0.2, -0.15) is 0 Å². The number of rotatable bonds is 3. The van der Waals surface area contributed by atoms with E-state index in [9.17, 15) is 5.11 Å². The maximum Gasteiger partial charge on any atom is 0.0737 e. The average Bonchev–Trinajstić information content (AvgIpc) is 3.02. The van der Waals surface area contributed by atoms with Crippen LogP contribution in [0.2, 0.25) is 0 Å². The molecule has 1 heterocycles. The van der Waals surface area contributed by atoms with E-state index in [0.717, 1.165) is 32.3 Å². The van der Waals surface area contributed by atoms with Gasteiger partial charge in [-0.25, -0.2) is 0 Å². The molecule has 0 aromatic heterocycles. The summed E-state index contributed by atoms with van der Waals surface area (Å²) in [6.45, 7) is 3.94. The van der Waals surface area contributed by atoms with Crippen LogP contribution in [-0.4, -0.2) is 30.5 Å². The Bertz CT molecular complexity index is 205. The first-order valence-corrected chi connectivity index (χ1v) is 5.63. The van der Waals surface area contributed by atoms with Crippen molar-refractivity contribution in [1.82, 2.24) is 0 Å². The molecule has 1 saturated carbocycles. The van der Waals surface area contributed by atoms with Gasteiger partial charge in [0, 0.05) is 18.6 Å². The van der Waals surface area contributed by atoms with Gasteiger partial charge in [-0.1, -0.05) is 0 Å². The minimum Gasteiger partial charge on any atom is -0.389 e. The van der Waals surface area contributed by atoms with Gasteiger partial charge in [0.1, 0.15) is 0 Å². The van der Waals surface area contributed by atoms with Crippen LogP contribution in [0.4, 0.5) is 0 Å². The van der Waals surface area contributed by atoms with Gasteiger partial charge in [0.15, 0.2) is 0 Å². The lowest BCUT2D eigenvalue weighted by Gasteiger charge is -2.47. The van der Waals surface area contributed by atoms with Crippen LogP contribution in [0.3, 0.4) is 0 Å². The van der Waals surface area contributed by atoms with E-state index in [-0.39, 0.29) is 5.41 Å². The molecule has 0 aromatic rings. The van der Waals surface area contributed by atoms with Crippen molar-refractivity contribution in [2.75, 3.05) is 19.8 Å². The molecular formula is C11H21NO2. The van der Waals surface area contributed by atoms with Crippen LogP contribution in [0.5, 0.6) is 0 Å². The Morgan fingerprint density at radius 2 is 2.29 bits per heavy atom. The molecule has 2 fully saturated rings. The summed E-state index contributed by atoms with van der Waals surface area (Å²) in [6, 6.07) is 0. The van der Waals surface area contributed by atoms with Gasteiger partial charge in [0.05, 0.1) is 12.2 Å². The first-order chi connectivity index (χ1) is 6.62. The predicted molar refractivity (Wildman–Crippen MR) is 54.9 cm³/mol. The van der Waals surface area contributed by atoms with Gasteiger partial charge in [0.2, 0.25) is 0 Å². The van der Waals surface area contributed by atoms with Crippen LogP contribution in [-0.2, 0) is 4.74 Å². The topological polar surface area (TPSA) is 55.5 Å². The molecule has 1 saturated heterocycles. The minimum atomic E-state index is -0.623. The molecule has 3 heteroatoms. The standard InChI is InChI=1S/C11H21NO2/c1-10(13,9-3-4-9)11(7-12)5-2-6-14-8-11/h9,13H,2-8,12H2,1H3. The van der Waals surface area contributed by atoms with Crippen LogP contribution >= 0.6 is 0 Å². The fourth-order valence-electron chi connectivity index (χ4n) is 2.70. The first-order valence-electron chi connectivity index (χ1n) is 5.63. The molecular weight excluding hydrogens is 178 g/mol. The summed E-state index contributed by atoms with van der Waals surface area (Å²) in [5, 5.41) is 10.6. The van der Waals surface area contributed by atoms with Gasteiger partial charge < -0.3 is 15.6 Å². The van der Waals surface area contributed by atoms with Gasteiger partial charge in [-0.05, 0) is 38.5 Å². The van der Waals surface area contributed by atoms with Crippen molar-refractivity contribution in [3.05, 3.63) is 0 Å². The molecule has 0 aromatic carbocycles. The summed E-state index contributed by atoms with van der Waals surface area (Å²) in [5.41, 5.74) is 5.04. The first kappa shape index (κ1) is 10.4. The molecule has 0 bridgehead atoms. The lowest BCUT2D eigenvalue weighted by atomic mass is 9.67. The smallest absolute Gasteiger partial charge is 0.0737 e. The van der Waals surface area contributed by atoms with Crippen LogP contribution in [0.15, 0.2) is 0 Å². The third-order valence-electron chi connectivity index (χ3n) is 4.16. The Hall–Kier alpha value is -0.120. The number of nitrogens with two attached hydrogens (primary N) is 1. The monoisotopic (exact) mass is 199 g/mol. The number of aliphatic hydroxyl groups is 1. The SMILES string of the molecule is CC(O)(C1CC1)C1(CN)CCCOC1. The number of ether oxygens (including phenoxy) is 1. The Morgan fingerprint density at radius 1 is 1.57 bits per heavy atom. The Kier molecular flexibility index (Phi) is 2.58. The third kappa shape index (κ3) is 1.47. The largest absolute Gasteiger partial charge is 0.389 e. The maximum absolute atomic E-state index is 10.6. The van der Waals surface area contributed by atoms with Gasteiger partial charge >= 0.3 is 0 Å². The molecule has 3 N–H and O–H groups in total. The summed E-state index contributed by atoms with van der Waals surface area (Å²) in [5.74, 6) is 0.452. The van der Waals surface area contributed by atoms with Crippen molar-refractivity contribution in [3.8, 4) is 0 Å². The quantitative estimate of drug-likeness (QED) is 0.710. The lowest BCUT2D eigenvalue weighted by molar-refractivity contribution is -0.145. The summed E-state index contributed by atoms with van der Waals surface area (Å²) >= 11 is 0. The average molecular weight is 199 g/mol. The second-order valence-electron chi connectivity index (χ2n) is 5.06. The van der Waals surface area contributed by atoms with E-state index in [1.165, 1.54) is 0 Å². The minimum absolute atomic E-state index is 0.188.